The molecule has 0 amide bonds. The first-order valence-electron chi connectivity index (χ1n) is 3.99. The van der Waals surface area contributed by atoms with Crippen molar-refractivity contribution in [3.63, 3.8) is 0 Å². The van der Waals surface area contributed by atoms with Gasteiger partial charge >= 0.3 is 5.97 Å². The molecule has 0 aromatic rings. The Morgan fingerprint density at radius 1 is 1.46 bits per heavy atom. The van der Waals surface area contributed by atoms with Crippen LogP contribution < -0.4 is 0 Å². The van der Waals surface area contributed by atoms with Crippen LogP contribution in [0.5, 0.6) is 0 Å². The number of likely N-dealkylation sites (tertiary alicyclic amines) is 1. The highest BCUT2D eigenvalue weighted by Gasteiger charge is 2.39. The van der Waals surface area contributed by atoms with Crippen molar-refractivity contribution in [3.05, 3.63) is 0 Å². The summed E-state index contributed by atoms with van der Waals surface area (Å²) < 4.78 is 0. The van der Waals surface area contributed by atoms with E-state index in [-0.39, 0.29) is 19.7 Å². The van der Waals surface area contributed by atoms with Gasteiger partial charge in [-0.1, -0.05) is 0 Å². The Labute approximate surface area is 75.0 Å². The Balaban J connectivity index is 2.59. The van der Waals surface area contributed by atoms with E-state index in [1.165, 1.54) is 4.90 Å². The Bertz CT molecular complexity index is 197. The fraction of sp³-hybridized carbons (Fsp3) is 0.857. The summed E-state index contributed by atoms with van der Waals surface area (Å²) in [7, 11) is 0. The molecule has 1 saturated heterocycles. The second-order valence-electron chi connectivity index (χ2n) is 3.13. The van der Waals surface area contributed by atoms with Crippen molar-refractivity contribution in [1.82, 2.24) is 4.90 Å². The number of carbonyl (C=O) groups is 1. The van der Waals surface area contributed by atoms with Gasteiger partial charge in [-0.3, -0.25) is 9.69 Å². The third-order valence-electron chi connectivity index (χ3n) is 2.20. The number of rotatable bonds is 3. The second-order valence-corrected chi connectivity index (χ2v) is 3.13. The average Bonchev–Trinajstić information content (AvgIpc) is 2.27. The summed E-state index contributed by atoms with van der Waals surface area (Å²) in [6.45, 7) is -0.552. The first-order valence-corrected chi connectivity index (χ1v) is 3.99. The maximum absolute atomic E-state index is 10.3. The maximum atomic E-state index is 10.3. The molecule has 1 rings (SSSR count). The molecule has 0 aliphatic carbocycles. The van der Waals surface area contributed by atoms with E-state index in [1.54, 1.807) is 0 Å². The molecule has 6 nitrogen and oxygen atoms in total. The molecule has 3 atom stereocenters. The highest BCUT2D eigenvalue weighted by atomic mass is 16.4. The van der Waals surface area contributed by atoms with E-state index in [0.29, 0.717) is 0 Å². The van der Waals surface area contributed by atoms with E-state index in [1.807, 2.05) is 0 Å². The van der Waals surface area contributed by atoms with Crippen molar-refractivity contribution in [3.8, 4) is 0 Å². The molecule has 0 unspecified atom stereocenters. The lowest BCUT2D eigenvalue weighted by molar-refractivity contribution is -0.138. The fourth-order valence-electron chi connectivity index (χ4n) is 1.54. The largest absolute Gasteiger partial charge is 0.480 e. The maximum Gasteiger partial charge on any atom is 0.317 e. The van der Waals surface area contributed by atoms with E-state index in [4.69, 9.17) is 10.2 Å². The molecule has 0 aromatic carbocycles. The van der Waals surface area contributed by atoms with Crippen LogP contribution in [0.15, 0.2) is 0 Å². The van der Waals surface area contributed by atoms with Gasteiger partial charge < -0.3 is 20.4 Å². The monoisotopic (exact) mass is 191 g/mol. The van der Waals surface area contributed by atoms with E-state index < -0.39 is 24.2 Å². The molecule has 76 valence electrons. The molecule has 1 heterocycles. The minimum atomic E-state index is -1.07. The van der Waals surface area contributed by atoms with Crippen LogP contribution in [0.4, 0.5) is 0 Å². The number of nitrogens with zero attached hydrogens (tertiary/aromatic N) is 1. The van der Waals surface area contributed by atoms with Crippen LogP contribution in [0.3, 0.4) is 0 Å². The van der Waals surface area contributed by atoms with Crippen molar-refractivity contribution in [1.29, 1.82) is 0 Å². The third kappa shape index (κ3) is 2.16. The normalized spacial score (nSPS) is 35.2. The van der Waals surface area contributed by atoms with Crippen LogP contribution in [-0.2, 0) is 4.79 Å². The predicted octanol–water partition coefficient (Wildman–Crippen LogP) is -2.53. The lowest BCUT2D eigenvalue weighted by Crippen LogP contribution is -2.41. The fourth-order valence-corrected chi connectivity index (χ4v) is 1.54. The summed E-state index contributed by atoms with van der Waals surface area (Å²) in [4.78, 5) is 11.7. The van der Waals surface area contributed by atoms with Gasteiger partial charge in [0.25, 0.3) is 0 Å². The molecule has 4 N–H and O–H groups in total. The number of hydrogen-bond donors (Lipinski definition) is 4. The number of carboxylic acids is 1. The van der Waals surface area contributed by atoms with Crippen molar-refractivity contribution in [2.24, 2.45) is 0 Å². The first kappa shape index (κ1) is 10.4. The zero-order valence-electron chi connectivity index (χ0n) is 7.00. The van der Waals surface area contributed by atoms with Crippen molar-refractivity contribution >= 4 is 5.97 Å². The van der Waals surface area contributed by atoms with Gasteiger partial charge in [0.1, 0.15) is 0 Å². The summed E-state index contributed by atoms with van der Waals surface area (Å²) in [5, 5.41) is 35.8. The van der Waals surface area contributed by atoms with Crippen LogP contribution >= 0.6 is 0 Å². The first-order chi connectivity index (χ1) is 6.06. The number of carboxylic acid groups (broad SMARTS) is 1. The van der Waals surface area contributed by atoms with Gasteiger partial charge in [0.15, 0.2) is 0 Å². The molecule has 6 heteroatoms. The quantitative estimate of drug-likeness (QED) is 0.392. The summed E-state index contributed by atoms with van der Waals surface area (Å²) in [6, 6.07) is -0.675. The summed E-state index contributed by atoms with van der Waals surface area (Å²) in [6.07, 6.45) is -2.04. The number of hydrogen-bond acceptors (Lipinski definition) is 5. The average molecular weight is 191 g/mol. The van der Waals surface area contributed by atoms with E-state index in [9.17, 15) is 15.0 Å². The van der Waals surface area contributed by atoms with Gasteiger partial charge in [-0.15, -0.1) is 0 Å². The van der Waals surface area contributed by atoms with Crippen molar-refractivity contribution in [2.45, 2.75) is 18.2 Å². The van der Waals surface area contributed by atoms with Gasteiger partial charge in [0, 0.05) is 6.54 Å². The van der Waals surface area contributed by atoms with Crippen LogP contribution in [0.1, 0.15) is 0 Å². The molecule has 1 aliphatic heterocycles. The second kappa shape index (κ2) is 4.01. The molecule has 1 fully saturated rings. The standard InChI is InChI=1S/C7H13NO5/c9-3-4-7(13)5(10)1-8(4)2-6(11)12/h4-5,7,9-10,13H,1-3H2,(H,11,12)/t4-,5+,7-/m1/s1. The van der Waals surface area contributed by atoms with Crippen LogP contribution in [0.2, 0.25) is 0 Å². The summed E-state index contributed by atoms with van der Waals surface area (Å²) in [5.41, 5.74) is 0. The molecule has 0 aromatic heterocycles. The molecule has 0 spiro atoms. The van der Waals surface area contributed by atoms with E-state index in [2.05, 4.69) is 0 Å². The lowest BCUT2D eigenvalue weighted by Gasteiger charge is -2.21. The molecular formula is C7H13NO5. The number of aliphatic hydroxyl groups excluding tert-OH is 3. The highest BCUT2D eigenvalue weighted by Crippen LogP contribution is 2.17. The molecule has 1 aliphatic rings. The molecule has 13 heavy (non-hydrogen) atoms. The topological polar surface area (TPSA) is 101 Å². The van der Waals surface area contributed by atoms with Crippen molar-refractivity contribution < 1.29 is 25.2 Å². The van der Waals surface area contributed by atoms with E-state index >= 15 is 0 Å². The Morgan fingerprint density at radius 3 is 2.54 bits per heavy atom. The summed E-state index contributed by atoms with van der Waals surface area (Å²) in [5.74, 6) is -1.04. The Kier molecular flexibility index (Phi) is 3.21. The lowest BCUT2D eigenvalue weighted by atomic mass is 10.1. The highest BCUT2D eigenvalue weighted by molar-refractivity contribution is 5.69. The zero-order chi connectivity index (χ0) is 10.0. The Morgan fingerprint density at radius 2 is 2.08 bits per heavy atom. The summed E-state index contributed by atoms with van der Waals surface area (Å²) >= 11 is 0. The van der Waals surface area contributed by atoms with Gasteiger partial charge in [-0.25, -0.2) is 0 Å². The van der Waals surface area contributed by atoms with Crippen LogP contribution in [0.25, 0.3) is 0 Å². The zero-order valence-corrected chi connectivity index (χ0v) is 7.00. The van der Waals surface area contributed by atoms with E-state index in [0.717, 1.165) is 0 Å². The van der Waals surface area contributed by atoms with Crippen molar-refractivity contribution in [2.75, 3.05) is 19.7 Å². The van der Waals surface area contributed by atoms with Crippen LogP contribution in [-0.4, -0.2) is 69.2 Å². The molecular weight excluding hydrogens is 178 g/mol. The smallest absolute Gasteiger partial charge is 0.317 e. The number of β-amino-alcohol motifs (C(OH)–C–C–N with tert-alkyl or cyclic N) is 1. The minimum Gasteiger partial charge on any atom is -0.480 e. The molecule has 0 bridgehead atoms. The number of aliphatic carboxylic acids is 1. The minimum absolute atomic E-state index is 0.0820. The van der Waals surface area contributed by atoms with Gasteiger partial charge in [-0.2, -0.15) is 0 Å². The SMILES string of the molecule is O=C(O)CN1C[C@H](O)[C@H](O)[C@H]1CO. The number of aliphatic hydroxyl groups is 3. The Hall–Kier alpha value is -0.690. The molecule has 0 saturated carbocycles. The van der Waals surface area contributed by atoms with Gasteiger partial charge in [-0.05, 0) is 0 Å². The van der Waals surface area contributed by atoms with Gasteiger partial charge in [0.2, 0.25) is 0 Å². The third-order valence-corrected chi connectivity index (χ3v) is 2.20. The van der Waals surface area contributed by atoms with Gasteiger partial charge in [0.05, 0.1) is 31.4 Å². The predicted molar refractivity (Wildman–Crippen MR) is 42.1 cm³/mol. The molecule has 0 radical (unpaired) electrons. The van der Waals surface area contributed by atoms with Crippen LogP contribution in [0, 0.1) is 0 Å².